The molecular formula is C13H16BrNO3. The summed E-state index contributed by atoms with van der Waals surface area (Å²) < 4.78 is 5.90. The third-order valence-electron chi connectivity index (χ3n) is 2.26. The van der Waals surface area contributed by atoms with Crippen LogP contribution in [0.3, 0.4) is 0 Å². The van der Waals surface area contributed by atoms with Gasteiger partial charge in [-0.15, -0.1) is 6.58 Å². The molecule has 1 aromatic carbocycles. The average molecular weight is 314 g/mol. The molecule has 1 rings (SSSR count). The third-order valence-corrected chi connectivity index (χ3v) is 2.92. The Kier molecular flexibility index (Phi) is 6.46. The summed E-state index contributed by atoms with van der Waals surface area (Å²) in [5.41, 5.74) is 0.827. The molecule has 0 atom stereocenters. The lowest BCUT2D eigenvalue weighted by atomic mass is 10.2. The molecule has 0 aliphatic rings. The highest BCUT2D eigenvalue weighted by atomic mass is 79.9. The van der Waals surface area contributed by atoms with Crippen LogP contribution in [-0.4, -0.2) is 30.8 Å². The number of carbonyl (C=O) groups is 1. The van der Waals surface area contributed by atoms with Gasteiger partial charge in [-0.2, -0.15) is 0 Å². The number of carboxylic acids is 1. The quantitative estimate of drug-likeness (QED) is 0.572. The van der Waals surface area contributed by atoms with Crippen molar-refractivity contribution in [2.75, 3.05) is 25.1 Å². The summed E-state index contributed by atoms with van der Waals surface area (Å²) in [5.74, 6) is -0.961. The predicted octanol–water partition coefficient (Wildman–Crippen LogP) is 3.15. The molecule has 0 aromatic heterocycles. The number of benzene rings is 1. The number of hydrogen-bond donors (Lipinski definition) is 2. The van der Waals surface area contributed by atoms with Crippen LogP contribution >= 0.6 is 15.9 Å². The number of ether oxygens (including phenoxy) is 1. The Hall–Kier alpha value is -1.33. The van der Waals surface area contributed by atoms with E-state index in [2.05, 4.69) is 27.8 Å². The van der Waals surface area contributed by atoms with E-state index in [1.54, 1.807) is 24.3 Å². The molecule has 98 valence electrons. The van der Waals surface area contributed by atoms with Gasteiger partial charge in [0.1, 0.15) is 0 Å². The number of carboxylic acid groups (broad SMARTS) is 1. The van der Waals surface area contributed by atoms with Crippen molar-refractivity contribution in [3.8, 4) is 0 Å². The molecule has 0 amide bonds. The van der Waals surface area contributed by atoms with E-state index >= 15 is 0 Å². The molecule has 0 unspecified atom stereocenters. The first-order valence-electron chi connectivity index (χ1n) is 5.61. The molecular weight excluding hydrogens is 298 g/mol. The second-order valence-electron chi connectivity index (χ2n) is 3.58. The van der Waals surface area contributed by atoms with E-state index in [9.17, 15) is 4.79 Å². The van der Waals surface area contributed by atoms with Crippen LogP contribution in [0.2, 0.25) is 0 Å². The molecule has 18 heavy (non-hydrogen) atoms. The molecule has 0 saturated carbocycles. The first kappa shape index (κ1) is 14.7. The highest BCUT2D eigenvalue weighted by Gasteiger charge is 2.13. The highest BCUT2D eigenvalue weighted by Crippen LogP contribution is 2.24. The molecule has 0 fully saturated rings. The number of nitrogens with one attached hydrogen (secondary N) is 1. The van der Waals surface area contributed by atoms with Gasteiger partial charge in [-0.1, -0.05) is 12.1 Å². The van der Waals surface area contributed by atoms with Crippen molar-refractivity contribution >= 4 is 27.6 Å². The second-order valence-corrected chi connectivity index (χ2v) is 4.44. The predicted molar refractivity (Wildman–Crippen MR) is 75.2 cm³/mol. The minimum atomic E-state index is -0.961. The van der Waals surface area contributed by atoms with E-state index in [1.807, 2.05) is 0 Å². The molecule has 5 heteroatoms. The fourth-order valence-corrected chi connectivity index (χ4v) is 1.95. The van der Waals surface area contributed by atoms with Crippen LogP contribution in [-0.2, 0) is 4.74 Å². The van der Waals surface area contributed by atoms with Crippen molar-refractivity contribution in [1.29, 1.82) is 0 Å². The number of anilines is 1. The molecule has 0 spiro atoms. The summed E-state index contributed by atoms with van der Waals surface area (Å²) in [6.45, 7) is 5.33. The largest absolute Gasteiger partial charge is 0.478 e. The molecule has 0 bridgehead atoms. The van der Waals surface area contributed by atoms with Gasteiger partial charge in [-0.25, -0.2) is 4.79 Å². The molecule has 0 heterocycles. The molecule has 0 radical (unpaired) electrons. The maximum atomic E-state index is 11.1. The van der Waals surface area contributed by atoms with Crippen LogP contribution in [0.15, 0.2) is 35.3 Å². The van der Waals surface area contributed by atoms with Crippen LogP contribution in [0.4, 0.5) is 5.69 Å². The van der Waals surface area contributed by atoms with Gasteiger partial charge in [0, 0.05) is 16.7 Å². The Balaban J connectivity index is 2.49. The maximum absolute atomic E-state index is 11.1. The van der Waals surface area contributed by atoms with Gasteiger partial charge < -0.3 is 15.2 Å². The summed E-state index contributed by atoms with van der Waals surface area (Å²) in [4.78, 5) is 11.1. The summed E-state index contributed by atoms with van der Waals surface area (Å²) in [6.07, 6.45) is 2.61. The number of halogens is 1. The van der Waals surface area contributed by atoms with Gasteiger partial charge in [0.15, 0.2) is 0 Å². The third kappa shape index (κ3) is 4.50. The molecule has 4 nitrogen and oxygen atoms in total. The lowest BCUT2D eigenvalue weighted by Crippen LogP contribution is -2.13. The molecule has 0 aliphatic carbocycles. The van der Waals surface area contributed by atoms with Crippen molar-refractivity contribution in [3.05, 3.63) is 40.9 Å². The van der Waals surface area contributed by atoms with Gasteiger partial charge >= 0.3 is 5.97 Å². The zero-order chi connectivity index (χ0) is 13.4. The fraction of sp³-hybridized carbons (Fsp3) is 0.308. The lowest BCUT2D eigenvalue weighted by molar-refractivity contribution is 0.0697. The molecule has 2 N–H and O–H groups in total. The monoisotopic (exact) mass is 313 g/mol. The van der Waals surface area contributed by atoms with Crippen LogP contribution in [0.25, 0.3) is 0 Å². The number of aromatic carboxylic acids is 1. The Morgan fingerprint density at radius 2 is 2.28 bits per heavy atom. The standard InChI is InChI=1S/C13H16BrNO3/c1-2-3-8-18-9-7-15-11-6-4-5-10(14)12(11)13(16)17/h2,4-6,15H,1,3,7-9H2,(H,16,17). The van der Waals surface area contributed by atoms with E-state index < -0.39 is 5.97 Å². The van der Waals surface area contributed by atoms with Crippen molar-refractivity contribution in [2.45, 2.75) is 6.42 Å². The lowest BCUT2D eigenvalue weighted by Gasteiger charge is -2.10. The number of hydrogen-bond acceptors (Lipinski definition) is 3. The Bertz CT molecular complexity index is 421. The zero-order valence-corrected chi connectivity index (χ0v) is 11.6. The van der Waals surface area contributed by atoms with E-state index in [4.69, 9.17) is 9.84 Å². The SMILES string of the molecule is C=CCCOCCNc1cccc(Br)c1C(=O)O. The van der Waals surface area contributed by atoms with Gasteiger partial charge in [0.05, 0.1) is 18.8 Å². The van der Waals surface area contributed by atoms with Gasteiger partial charge in [0.25, 0.3) is 0 Å². The summed E-state index contributed by atoms with van der Waals surface area (Å²) in [5, 5.41) is 12.2. The van der Waals surface area contributed by atoms with Gasteiger partial charge in [-0.05, 0) is 34.5 Å². The summed E-state index contributed by atoms with van der Waals surface area (Å²) >= 11 is 3.23. The van der Waals surface area contributed by atoms with E-state index in [0.29, 0.717) is 29.9 Å². The minimum Gasteiger partial charge on any atom is -0.478 e. The van der Waals surface area contributed by atoms with Crippen molar-refractivity contribution < 1.29 is 14.6 Å². The Morgan fingerprint density at radius 1 is 1.50 bits per heavy atom. The minimum absolute atomic E-state index is 0.239. The maximum Gasteiger partial charge on any atom is 0.338 e. The second kappa shape index (κ2) is 7.89. The first-order chi connectivity index (χ1) is 8.66. The van der Waals surface area contributed by atoms with Crippen molar-refractivity contribution in [3.63, 3.8) is 0 Å². The van der Waals surface area contributed by atoms with Gasteiger partial charge in [-0.3, -0.25) is 0 Å². The number of rotatable bonds is 8. The van der Waals surface area contributed by atoms with E-state index in [-0.39, 0.29) is 5.56 Å². The summed E-state index contributed by atoms with van der Waals surface area (Å²) in [6, 6.07) is 5.23. The van der Waals surface area contributed by atoms with Crippen LogP contribution in [0.5, 0.6) is 0 Å². The average Bonchev–Trinajstić information content (AvgIpc) is 2.33. The topological polar surface area (TPSA) is 58.6 Å². The van der Waals surface area contributed by atoms with Crippen LogP contribution in [0, 0.1) is 0 Å². The van der Waals surface area contributed by atoms with E-state index in [1.165, 1.54) is 0 Å². The fourth-order valence-electron chi connectivity index (χ4n) is 1.42. The smallest absolute Gasteiger partial charge is 0.338 e. The zero-order valence-electron chi connectivity index (χ0n) is 9.99. The highest BCUT2D eigenvalue weighted by molar-refractivity contribution is 9.10. The van der Waals surface area contributed by atoms with E-state index in [0.717, 1.165) is 6.42 Å². The first-order valence-corrected chi connectivity index (χ1v) is 6.40. The Labute approximate surface area is 115 Å². The van der Waals surface area contributed by atoms with Gasteiger partial charge in [0.2, 0.25) is 0 Å². The molecule has 0 aliphatic heterocycles. The van der Waals surface area contributed by atoms with Crippen LogP contribution in [0.1, 0.15) is 16.8 Å². The van der Waals surface area contributed by atoms with Crippen LogP contribution < -0.4 is 5.32 Å². The normalized spacial score (nSPS) is 10.1. The molecule has 1 aromatic rings. The van der Waals surface area contributed by atoms with Crippen molar-refractivity contribution in [1.82, 2.24) is 0 Å². The van der Waals surface area contributed by atoms with Crippen molar-refractivity contribution in [2.24, 2.45) is 0 Å². The molecule has 0 saturated heterocycles. The summed E-state index contributed by atoms with van der Waals surface area (Å²) in [7, 11) is 0. The Morgan fingerprint density at radius 3 is 2.94 bits per heavy atom.